The summed E-state index contributed by atoms with van der Waals surface area (Å²) >= 11 is 5.30. The molecule has 1 rings (SSSR count). The predicted octanol–water partition coefficient (Wildman–Crippen LogP) is 2.98. The minimum absolute atomic E-state index is 0.0246. The lowest BCUT2D eigenvalue weighted by atomic mass is 10.2. The third kappa shape index (κ3) is 3.18. The van der Waals surface area contributed by atoms with Gasteiger partial charge in [-0.15, -0.1) is 0 Å². The maximum absolute atomic E-state index is 12.7. The van der Waals surface area contributed by atoms with E-state index < -0.39 is 24.1 Å². The second-order valence-electron chi connectivity index (χ2n) is 2.37. The predicted molar refractivity (Wildman–Crippen MR) is 39.0 cm³/mol. The van der Waals surface area contributed by atoms with E-state index in [2.05, 4.69) is 4.98 Å². The molecule has 6 heteroatoms. The number of alkyl halides is 3. The Kier molecular flexibility index (Phi) is 2.75. The van der Waals surface area contributed by atoms with Crippen LogP contribution in [0.3, 0.4) is 0 Å². The molecular formula is C7H4ClF4N. The maximum atomic E-state index is 12.7. The molecule has 0 saturated carbocycles. The Morgan fingerprint density at radius 1 is 1.38 bits per heavy atom. The Labute approximate surface area is 76.3 Å². The molecule has 0 amide bonds. The van der Waals surface area contributed by atoms with Crippen molar-refractivity contribution in [2.24, 2.45) is 0 Å². The highest BCUT2D eigenvalue weighted by atomic mass is 35.5. The molecule has 1 aromatic heterocycles. The van der Waals surface area contributed by atoms with Crippen LogP contribution in [-0.2, 0) is 6.42 Å². The standard InChI is InChI=1S/C7H4ClF4N/c8-4-1-5(9)6(13-3-4)2-7(10,11)12/h1,3H,2H2. The number of halogens is 5. The lowest BCUT2D eigenvalue weighted by Crippen LogP contribution is -2.14. The van der Waals surface area contributed by atoms with Crippen molar-refractivity contribution in [3.05, 3.63) is 28.8 Å². The fourth-order valence-corrected chi connectivity index (χ4v) is 0.907. The second kappa shape index (κ2) is 3.49. The molecule has 0 aliphatic rings. The zero-order valence-electron chi connectivity index (χ0n) is 6.20. The van der Waals surface area contributed by atoms with Crippen molar-refractivity contribution in [3.63, 3.8) is 0 Å². The van der Waals surface area contributed by atoms with Gasteiger partial charge in [0.05, 0.1) is 17.1 Å². The number of hydrogen-bond donors (Lipinski definition) is 0. The van der Waals surface area contributed by atoms with Crippen LogP contribution in [0.2, 0.25) is 5.02 Å². The van der Waals surface area contributed by atoms with Gasteiger partial charge in [-0.2, -0.15) is 13.2 Å². The first-order valence-corrected chi connectivity index (χ1v) is 3.63. The van der Waals surface area contributed by atoms with Gasteiger partial charge in [-0.25, -0.2) is 4.39 Å². The van der Waals surface area contributed by atoms with Crippen LogP contribution in [0.4, 0.5) is 17.6 Å². The Bertz CT molecular complexity index is 310. The number of pyridine rings is 1. The van der Waals surface area contributed by atoms with Crippen molar-refractivity contribution in [2.45, 2.75) is 12.6 Å². The van der Waals surface area contributed by atoms with Crippen molar-refractivity contribution in [1.29, 1.82) is 0 Å². The lowest BCUT2D eigenvalue weighted by Gasteiger charge is -2.05. The maximum Gasteiger partial charge on any atom is 0.394 e. The minimum atomic E-state index is -4.46. The Balaban J connectivity index is 2.90. The van der Waals surface area contributed by atoms with Crippen molar-refractivity contribution in [1.82, 2.24) is 4.98 Å². The van der Waals surface area contributed by atoms with E-state index in [4.69, 9.17) is 11.6 Å². The average molecular weight is 214 g/mol. The van der Waals surface area contributed by atoms with Gasteiger partial charge in [-0.05, 0) is 6.07 Å². The molecule has 0 bridgehead atoms. The Morgan fingerprint density at radius 3 is 2.46 bits per heavy atom. The lowest BCUT2D eigenvalue weighted by molar-refractivity contribution is -0.128. The molecule has 0 spiro atoms. The molecule has 0 N–H and O–H groups in total. The highest BCUT2D eigenvalue weighted by Crippen LogP contribution is 2.22. The van der Waals surface area contributed by atoms with Gasteiger partial charge in [0.15, 0.2) is 0 Å². The van der Waals surface area contributed by atoms with Crippen molar-refractivity contribution >= 4 is 11.6 Å². The molecule has 13 heavy (non-hydrogen) atoms. The zero-order valence-corrected chi connectivity index (χ0v) is 6.95. The van der Waals surface area contributed by atoms with Gasteiger partial charge >= 0.3 is 6.18 Å². The van der Waals surface area contributed by atoms with Crippen molar-refractivity contribution < 1.29 is 17.6 Å². The molecule has 0 fully saturated rings. The van der Waals surface area contributed by atoms with Crippen LogP contribution in [0.5, 0.6) is 0 Å². The number of aromatic nitrogens is 1. The highest BCUT2D eigenvalue weighted by molar-refractivity contribution is 6.30. The fourth-order valence-electron chi connectivity index (χ4n) is 0.763. The largest absolute Gasteiger partial charge is 0.394 e. The van der Waals surface area contributed by atoms with E-state index in [0.717, 1.165) is 12.3 Å². The van der Waals surface area contributed by atoms with E-state index in [0.29, 0.717) is 0 Å². The summed E-state index contributed by atoms with van der Waals surface area (Å²) in [6.07, 6.45) is -4.86. The van der Waals surface area contributed by atoms with Crippen molar-refractivity contribution in [2.75, 3.05) is 0 Å². The van der Waals surface area contributed by atoms with E-state index in [1.54, 1.807) is 0 Å². The monoisotopic (exact) mass is 213 g/mol. The van der Waals surface area contributed by atoms with Gasteiger partial charge in [-0.1, -0.05) is 11.6 Å². The molecule has 1 heterocycles. The Morgan fingerprint density at radius 2 is 2.00 bits per heavy atom. The van der Waals surface area contributed by atoms with Crippen LogP contribution >= 0.6 is 11.6 Å². The van der Waals surface area contributed by atoms with Crippen LogP contribution in [0, 0.1) is 5.82 Å². The third-order valence-corrected chi connectivity index (χ3v) is 1.46. The van der Waals surface area contributed by atoms with E-state index in [-0.39, 0.29) is 5.02 Å². The summed E-state index contributed by atoms with van der Waals surface area (Å²) < 4.78 is 48.1. The van der Waals surface area contributed by atoms with E-state index in [1.807, 2.05) is 0 Å². The molecule has 72 valence electrons. The van der Waals surface area contributed by atoms with Crippen LogP contribution in [0.25, 0.3) is 0 Å². The van der Waals surface area contributed by atoms with Crippen molar-refractivity contribution in [3.8, 4) is 0 Å². The van der Waals surface area contributed by atoms with Gasteiger partial charge in [0.1, 0.15) is 5.82 Å². The first kappa shape index (κ1) is 10.2. The second-order valence-corrected chi connectivity index (χ2v) is 2.81. The Hall–Kier alpha value is -0.840. The quantitative estimate of drug-likeness (QED) is 0.654. The highest BCUT2D eigenvalue weighted by Gasteiger charge is 2.29. The first-order chi connectivity index (χ1) is 5.88. The SMILES string of the molecule is Fc1cc(Cl)cnc1CC(F)(F)F. The van der Waals surface area contributed by atoms with Crippen LogP contribution in [0.1, 0.15) is 5.69 Å². The van der Waals surface area contributed by atoms with Crippen LogP contribution < -0.4 is 0 Å². The third-order valence-electron chi connectivity index (χ3n) is 1.25. The summed E-state index contributed by atoms with van der Waals surface area (Å²) in [4.78, 5) is 3.24. The summed E-state index contributed by atoms with van der Waals surface area (Å²) in [5, 5.41) is -0.0246. The molecule has 1 aromatic rings. The smallest absolute Gasteiger partial charge is 0.256 e. The molecule has 0 saturated heterocycles. The number of rotatable bonds is 1. The summed E-state index contributed by atoms with van der Waals surface area (Å²) in [5.74, 6) is -1.04. The van der Waals surface area contributed by atoms with E-state index in [9.17, 15) is 17.6 Å². The summed E-state index contributed by atoms with van der Waals surface area (Å²) in [6, 6.07) is 0.801. The molecular weight excluding hydrogens is 210 g/mol. The summed E-state index contributed by atoms with van der Waals surface area (Å²) in [5.41, 5.74) is -0.642. The molecule has 0 aromatic carbocycles. The van der Waals surface area contributed by atoms with Crippen LogP contribution in [-0.4, -0.2) is 11.2 Å². The van der Waals surface area contributed by atoms with E-state index in [1.165, 1.54) is 0 Å². The summed E-state index contributed by atoms with van der Waals surface area (Å²) in [7, 11) is 0. The molecule has 0 aliphatic carbocycles. The average Bonchev–Trinajstić information content (AvgIpc) is 1.93. The van der Waals surface area contributed by atoms with Gasteiger partial charge < -0.3 is 0 Å². The molecule has 1 nitrogen and oxygen atoms in total. The summed E-state index contributed by atoms with van der Waals surface area (Å²) in [6.45, 7) is 0. The molecule has 0 aliphatic heterocycles. The first-order valence-electron chi connectivity index (χ1n) is 3.25. The molecule has 0 unspecified atom stereocenters. The van der Waals surface area contributed by atoms with Gasteiger partial charge in [-0.3, -0.25) is 4.98 Å². The van der Waals surface area contributed by atoms with E-state index >= 15 is 0 Å². The minimum Gasteiger partial charge on any atom is -0.256 e. The molecule has 0 radical (unpaired) electrons. The topological polar surface area (TPSA) is 12.9 Å². The number of hydrogen-bond acceptors (Lipinski definition) is 1. The fraction of sp³-hybridized carbons (Fsp3) is 0.286. The van der Waals surface area contributed by atoms with Crippen LogP contribution in [0.15, 0.2) is 12.3 Å². The van der Waals surface area contributed by atoms with Gasteiger partial charge in [0.25, 0.3) is 0 Å². The normalized spacial score (nSPS) is 11.8. The number of nitrogens with zero attached hydrogens (tertiary/aromatic N) is 1. The molecule has 0 atom stereocenters. The zero-order chi connectivity index (χ0) is 10.1. The van der Waals surface area contributed by atoms with Gasteiger partial charge in [0, 0.05) is 6.20 Å². The van der Waals surface area contributed by atoms with Gasteiger partial charge in [0.2, 0.25) is 0 Å².